The molecular formula is C13H18N2O6. The van der Waals surface area contributed by atoms with Crippen molar-refractivity contribution in [2.45, 2.75) is 30.6 Å². The van der Waals surface area contributed by atoms with Crippen LogP contribution in [0, 0.1) is 0 Å². The Labute approximate surface area is 121 Å². The van der Waals surface area contributed by atoms with Gasteiger partial charge in [-0.1, -0.05) is 18.2 Å². The molecule has 1 saturated heterocycles. The number of hydrogen-bond acceptors (Lipinski definition) is 7. The van der Waals surface area contributed by atoms with E-state index in [0.29, 0.717) is 5.56 Å². The molecule has 1 amide bonds. The first-order chi connectivity index (χ1) is 10.0. The van der Waals surface area contributed by atoms with E-state index in [2.05, 4.69) is 10.9 Å². The lowest BCUT2D eigenvalue weighted by Gasteiger charge is -2.40. The molecule has 8 nitrogen and oxygen atoms in total. The SMILES string of the molecule is O=C(NN[C@H]1O[C@H](CO)[C@H](O)[C@H](O)[C@H]1O)c1ccccc1. The van der Waals surface area contributed by atoms with Crippen LogP contribution in [-0.4, -0.2) is 63.6 Å². The summed E-state index contributed by atoms with van der Waals surface area (Å²) in [6.45, 7) is -0.532. The Morgan fingerprint density at radius 2 is 1.76 bits per heavy atom. The molecule has 1 aromatic carbocycles. The van der Waals surface area contributed by atoms with Crippen LogP contribution in [0.25, 0.3) is 0 Å². The van der Waals surface area contributed by atoms with Crippen molar-refractivity contribution in [1.29, 1.82) is 0 Å². The molecule has 21 heavy (non-hydrogen) atoms. The van der Waals surface area contributed by atoms with Crippen molar-refractivity contribution in [2.24, 2.45) is 0 Å². The first-order valence-corrected chi connectivity index (χ1v) is 6.46. The fraction of sp³-hybridized carbons (Fsp3) is 0.462. The minimum Gasteiger partial charge on any atom is -0.394 e. The predicted molar refractivity (Wildman–Crippen MR) is 70.8 cm³/mol. The van der Waals surface area contributed by atoms with Crippen LogP contribution in [0.15, 0.2) is 30.3 Å². The van der Waals surface area contributed by atoms with Gasteiger partial charge in [0.15, 0.2) is 6.23 Å². The molecule has 0 aromatic heterocycles. The molecule has 0 radical (unpaired) electrons. The maximum absolute atomic E-state index is 11.8. The van der Waals surface area contributed by atoms with Crippen molar-refractivity contribution in [2.75, 3.05) is 6.61 Å². The quantitative estimate of drug-likeness (QED) is 0.345. The lowest BCUT2D eigenvalue weighted by Crippen LogP contribution is -2.64. The Morgan fingerprint density at radius 3 is 2.38 bits per heavy atom. The van der Waals surface area contributed by atoms with E-state index in [0.717, 1.165) is 0 Å². The van der Waals surface area contributed by atoms with Gasteiger partial charge in [-0.3, -0.25) is 10.2 Å². The summed E-state index contributed by atoms with van der Waals surface area (Å²) in [7, 11) is 0. The van der Waals surface area contributed by atoms with Gasteiger partial charge >= 0.3 is 0 Å². The van der Waals surface area contributed by atoms with Crippen molar-refractivity contribution in [3.05, 3.63) is 35.9 Å². The van der Waals surface area contributed by atoms with Crippen molar-refractivity contribution in [3.63, 3.8) is 0 Å². The first kappa shape index (κ1) is 15.8. The molecule has 0 spiro atoms. The molecule has 2 rings (SSSR count). The second kappa shape index (κ2) is 6.94. The molecule has 0 saturated carbocycles. The highest BCUT2D eigenvalue weighted by atomic mass is 16.6. The molecule has 1 aromatic rings. The molecule has 1 aliphatic heterocycles. The van der Waals surface area contributed by atoms with Crippen LogP contribution in [0.1, 0.15) is 10.4 Å². The molecule has 1 aliphatic rings. The van der Waals surface area contributed by atoms with Crippen molar-refractivity contribution < 1.29 is 30.0 Å². The zero-order chi connectivity index (χ0) is 15.4. The molecule has 0 bridgehead atoms. The van der Waals surface area contributed by atoms with Crippen molar-refractivity contribution in [1.82, 2.24) is 10.9 Å². The van der Waals surface area contributed by atoms with E-state index < -0.39 is 43.2 Å². The largest absolute Gasteiger partial charge is 0.394 e. The summed E-state index contributed by atoms with van der Waals surface area (Å²) in [5.74, 6) is -0.451. The smallest absolute Gasteiger partial charge is 0.265 e. The normalized spacial score (nSPS) is 32.7. The minimum atomic E-state index is -1.50. The monoisotopic (exact) mass is 298 g/mol. The molecular weight excluding hydrogens is 280 g/mol. The number of aliphatic hydroxyl groups excluding tert-OH is 4. The summed E-state index contributed by atoms with van der Waals surface area (Å²) in [6.07, 6.45) is -6.59. The Morgan fingerprint density at radius 1 is 1.10 bits per heavy atom. The second-order valence-electron chi connectivity index (χ2n) is 4.71. The van der Waals surface area contributed by atoms with Crippen molar-refractivity contribution >= 4 is 5.91 Å². The Kier molecular flexibility index (Phi) is 5.23. The predicted octanol–water partition coefficient (Wildman–Crippen LogP) is -2.28. The van der Waals surface area contributed by atoms with Crippen LogP contribution >= 0.6 is 0 Å². The number of carbonyl (C=O) groups excluding carboxylic acids is 1. The number of hydrogen-bond donors (Lipinski definition) is 6. The summed E-state index contributed by atoms with van der Waals surface area (Å²) >= 11 is 0. The van der Waals surface area contributed by atoms with Gasteiger partial charge in [-0.05, 0) is 12.1 Å². The van der Waals surface area contributed by atoms with Crippen LogP contribution in [0.2, 0.25) is 0 Å². The van der Waals surface area contributed by atoms with E-state index in [9.17, 15) is 20.1 Å². The number of hydrazine groups is 1. The number of benzene rings is 1. The highest BCUT2D eigenvalue weighted by Gasteiger charge is 2.43. The highest BCUT2D eigenvalue weighted by molar-refractivity contribution is 5.93. The summed E-state index contributed by atoms with van der Waals surface area (Å²) in [5.41, 5.74) is 5.16. The van der Waals surface area contributed by atoms with Gasteiger partial charge in [0, 0.05) is 5.56 Å². The van der Waals surface area contributed by atoms with E-state index in [4.69, 9.17) is 9.84 Å². The van der Waals surface area contributed by atoms with Crippen LogP contribution in [-0.2, 0) is 4.74 Å². The number of amides is 1. The fourth-order valence-electron chi connectivity index (χ4n) is 2.02. The summed E-state index contributed by atoms with van der Waals surface area (Å²) < 4.78 is 5.18. The minimum absolute atomic E-state index is 0.398. The summed E-state index contributed by atoms with van der Waals surface area (Å²) in [6, 6.07) is 8.36. The third-order valence-electron chi connectivity index (χ3n) is 3.26. The Hall–Kier alpha value is -1.55. The highest BCUT2D eigenvalue weighted by Crippen LogP contribution is 2.19. The Balaban J connectivity index is 1.94. The van der Waals surface area contributed by atoms with Crippen LogP contribution in [0.3, 0.4) is 0 Å². The summed E-state index contributed by atoms with van der Waals surface area (Å²) in [4.78, 5) is 11.8. The number of carbonyl (C=O) groups is 1. The standard InChI is InChI=1S/C13H18N2O6/c16-6-8-9(17)10(18)11(19)13(21-8)15-14-12(20)7-4-2-1-3-5-7/h1-5,8-11,13,15-19H,6H2,(H,14,20)/t8-,9+,10+,11-,13+/m1/s1. The third-order valence-corrected chi connectivity index (χ3v) is 3.26. The first-order valence-electron chi connectivity index (χ1n) is 6.46. The van der Waals surface area contributed by atoms with Gasteiger partial charge < -0.3 is 25.2 Å². The molecule has 5 atom stereocenters. The van der Waals surface area contributed by atoms with Crippen LogP contribution in [0.4, 0.5) is 0 Å². The molecule has 0 unspecified atom stereocenters. The zero-order valence-corrected chi connectivity index (χ0v) is 11.1. The van der Waals surface area contributed by atoms with E-state index >= 15 is 0 Å². The van der Waals surface area contributed by atoms with Crippen molar-refractivity contribution in [3.8, 4) is 0 Å². The molecule has 1 fully saturated rings. The Bertz CT molecular complexity index is 469. The maximum Gasteiger partial charge on any atom is 0.265 e. The van der Waals surface area contributed by atoms with E-state index in [1.165, 1.54) is 0 Å². The average Bonchev–Trinajstić information content (AvgIpc) is 2.52. The number of ether oxygens (including phenoxy) is 1. The zero-order valence-electron chi connectivity index (χ0n) is 11.1. The molecule has 6 N–H and O–H groups in total. The fourth-order valence-corrected chi connectivity index (χ4v) is 2.02. The van der Waals surface area contributed by atoms with E-state index in [1.807, 2.05) is 0 Å². The van der Waals surface area contributed by atoms with Crippen LogP contribution < -0.4 is 10.9 Å². The number of aliphatic hydroxyl groups is 4. The molecule has 0 aliphatic carbocycles. The van der Waals surface area contributed by atoms with Gasteiger partial charge in [0.05, 0.1) is 6.61 Å². The van der Waals surface area contributed by atoms with Gasteiger partial charge in [0.25, 0.3) is 5.91 Å². The lowest BCUT2D eigenvalue weighted by atomic mass is 9.99. The molecule has 116 valence electrons. The average molecular weight is 298 g/mol. The van der Waals surface area contributed by atoms with Gasteiger partial charge in [-0.2, -0.15) is 0 Å². The van der Waals surface area contributed by atoms with Gasteiger partial charge in [-0.25, -0.2) is 5.43 Å². The lowest BCUT2D eigenvalue weighted by molar-refractivity contribution is -0.238. The van der Waals surface area contributed by atoms with Crippen LogP contribution in [0.5, 0.6) is 0 Å². The van der Waals surface area contributed by atoms with E-state index in [-0.39, 0.29) is 0 Å². The maximum atomic E-state index is 11.8. The topological polar surface area (TPSA) is 131 Å². The van der Waals surface area contributed by atoms with E-state index in [1.54, 1.807) is 30.3 Å². The number of nitrogens with one attached hydrogen (secondary N) is 2. The summed E-state index contributed by atoms with van der Waals surface area (Å²) in [5, 5.41) is 38.0. The molecule has 1 heterocycles. The second-order valence-corrected chi connectivity index (χ2v) is 4.71. The van der Waals surface area contributed by atoms with Gasteiger partial charge in [0.2, 0.25) is 0 Å². The third kappa shape index (κ3) is 3.56. The molecule has 8 heteroatoms. The van der Waals surface area contributed by atoms with Gasteiger partial charge in [0.1, 0.15) is 24.4 Å². The van der Waals surface area contributed by atoms with Gasteiger partial charge in [-0.15, -0.1) is 0 Å². The number of rotatable bonds is 4.